The van der Waals surface area contributed by atoms with Crippen LogP contribution in [0.25, 0.3) is 5.57 Å². The van der Waals surface area contributed by atoms with E-state index in [1.165, 1.54) is 12.1 Å². The number of hydrogen-bond acceptors (Lipinski definition) is 3. The minimum Gasteiger partial charge on any atom is -0.481 e. The second-order valence-electron chi connectivity index (χ2n) is 7.44. The zero-order valence-electron chi connectivity index (χ0n) is 15.3. The van der Waals surface area contributed by atoms with Gasteiger partial charge in [0.15, 0.2) is 0 Å². The van der Waals surface area contributed by atoms with Crippen molar-refractivity contribution >= 4 is 17.6 Å². The third-order valence-electron chi connectivity index (χ3n) is 4.15. The van der Waals surface area contributed by atoms with E-state index in [0.717, 1.165) is 12.1 Å². The van der Waals surface area contributed by atoms with Crippen molar-refractivity contribution in [3.63, 3.8) is 0 Å². The van der Waals surface area contributed by atoms with Crippen molar-refractivity contribution in [3.05, 3.63) is 41.5 Å². The van der Waals surface area contributed by atoms with Gasteiger partial charge in [-0.2, -0.15) is 13.2 Å². The molecule has 0 aromatic heterocycles. The third-order valence-corrected chi connectivity index (χ3v) is 4.15. The largest absolute Gasteiger partial charge is 0.481 e. The number of allylic oxidation sites excluding steroid dienone is 1. The van der Waals surface area contributed by atoms with Gasteiger partial charge in [-0.15, -0.1) is 0 Å². The molecule has 2 rings (SSSR count). The first kappa shape index (κ1) is 20.8. The molecule has 0 radical (unpaired) electrons. The topological polar surface area (TPSA) is 75.6 Å². The Hall–Kier alpha value is -2.51. The van der Waals surface area contributed by atoms with Crippen LogP contribution in [0.3, 0.4) is 0 Å². The monoisotopic (exact) mass is 385 g/mol. The Morgan fingerprint density at radius 1 is 1.15 bits per heavy atom. The van der Waals surface area contributed by atoms with Gasteiger partial charge < -0.3 is 15.2 Å². The highest BCUT2D eigenvalue weighted by Gasteiger charge is 2.34. The van der Waals surface area contributed by atoms with Crippen LogP contribution in [0, 0.1) is 5.92 Å². The van der Waals surface area contributed by atoms with Crippen LogP contribution in [0.5, 0.6) is 0 Å². The van der Waals surface area contributed by atoms with Crippen molar-refractivity contribution in [1.82, 2.24) is 5.32 Å². The van der Waals surface area contributed by atoms with E-state index in [-0.39, 0.29) is 12.8 Å². The maximum atomic E-state index is 12.7. The summed E-state index contributed by atoms with van der Waals surface area (Å²) in [6, 6.07) is 3.94. The number of carbonyl (C=O) groups excluding carboxylic acids is 1. The molecule has 8 heteroatoms. The molecule has 0 saturated carbocycles. The van der Waals surface area contributed by atoms with Crippen LogP contribution < -0.4 is 5.32 Å². The molecular weight excluding hydrogens is 363 g/mol. The van der Waals surface area contributed by atoms with Crippen molar-refractivity contribution in [2.45, 2.75) is 51.4 Å². The van der Waals surface area contributed by atoms with E-state index >= 15 is 0 Å². The highest BCUT2D eigenvalue weighted by Crippen LogP contribution is 2.34. The van der Waals surface area contributed by atoms with Crippen molar-refractivity contribution in [1.29, 1.82) is 0 Å². The van der Waals surface area contributed by atoms with Crippen LogP contribution in [0.2, 0.25) is 0 Å². The second-order valence-corrected chi connectivity index (χ2v) is 7.44. The van der Waals surface area contributed by atoms with Crippen molar-refractivity contribution < 1.29 is 32.6 Å². The Balaban J connectivity index is 2.15. The molecule has 0 bridgehead atoms. The molecule has 1 aromatic rings. The van der Waals surface area contributed by atoms with Crippen LogP contribution in [0.1, 0.15) is 44.7 Å². The lowest BCUT2D eigenvalue weighted by molar-refractivity contribution is -0.142. The molecule has 1 aromatic carbocycles. The summed E-state index contributed by atoms with van der Waals surface area (Å²) in [4.78, 5) is 23.6. The molecular formula is C19H22F3NO4. The molecule has 0 fully saturated rings. The fourth-order valence-corrected chi connectivity index (χ4v) is 2.88. The summed E-state index contributed by atoms with van der Waals surface area (Å²) in [6.45, 7) is 5.10. The van der Waals surface area contributed by atoms with Gasteiger partial charge in [-0.05, 0) is 56.9 Å². The number of rotatable bonds is 3. The normalized spacial score (nSPS) is 20.6. The lowest BCUT2D eigenvalue weighted by atomic mass is 9.82. The van der Waals surface area contributed by atoms with E-state index in [1.54, 1.807) is 26.8 Å². The van der Waals surface area contributed by atoms with Crippen LogP contribution in [-0.4, -0.2) is 28.8 Å². The summed E-state index contributed by atoms with van der Waals surface area (Å²) in [5, 5.41) is 12.1. The fourth-order valence-electron chi connectivity index (χ4n) is 2.88. The summed E-state index contributed by atoms with van der Waals surface area (Å²) >= 11 is 0. The van der Waals surface area contributed by atoms with E-state index in [2.05, 4.69) is 5.32 Å². The van der Waals surface area contributed by atoms with E-state index in [9.17, 15) is 27.9 Å². The van der Waals surface area contributed by atoms with Crippen LogP contribution in [0.15, 0.2) is 30.3 Å². The van der Waals surface area contributed by atoms with Crippen molar-refractivity contribution in [2.24, 2.45) is 5.92 Å². The van der Waals surface area contributed by atoms with Gasteiger partial charge in [-0.1, -0.05) is 18.2 Å². The van der Waals surface area contributed by atoms with Gasteiger partial charge >= 0.3 is 18.2 Å². The molecule has 0 heterocycles. The van der Waals surface area contributed by atoms with Crippen LogP contribution >= 0.6 is 0 Å². The zero-order valence-corrected chi connectivity index (χ0v) is 15.3. The van der Waals surface area contributed by atoms with Gasteiger partial charge in [0.1, 0.15) is 5.60 Å². The minimum atomic E-state index is -4.43. The molecule has 1 aliphatic rings. The first-order chi connectivity index (χ1) is 12.4. The van der Waals surface area contributed by atoms with E-state index in [1.807, 2.05) is 0 Å². The number of hydrogen-bond donors (Lipinski definition) is 2. The number of aliphatic carboxylic acids is 1. The number of ether oxygens (including phenoxy) is 1. The third kappa shape index (κ3) is 5.74. The molecule has 0 saturated heterocycles. The number of amides is 1. The first-order valence-electron chi connectivity index (χ1n) is 8.46. The number of halogens is 3. The van der Waals surface area contributed by atoms with Crippen molar-refractivity contribution in [2.75, 3.05) is 0 Å². The zero-order chi connectivity index (χ0) is 20.4. The van der Waals surface area contributed by atoms with Crippen LogP contribution in [0.4, 0.5) is 18.0 Å². The van der Waals surface area contributed by atoms with Crippen LogP contribution in [-0.2, 0) is 15.7 Å². The van der Waals surface area contributed by atoms with E-state index in [4.69, 9.17) is 4.74 Å². The standard InChI is InChI=1S/C19H22F3NO4/c1-18(2,3)27-17(26)23-15-9-6-12(10-14(15)16(24)25)11-4-7-13(8-5-11)19(20,21)22/h4-8,14-15H,9-10H2,1-3H3,(H,23,26)(H,24,25)/t14-,15-/m0/s1. The number of nitrogens with one attached hydrogen (secondary N) is 1. The Bertz CT molecular complexity index is 733. The molecule has 2 N–H and O–H groups in total. The lowest BCUT2D eigenvalue weighted by Crippen LogP contribution is -2.46. The number of benzene rings is 1. The maximum absolute atomic E-state index is 12.7. The Morgan fingerprint density at radius 3 is 2.22 bits per heavy atom. The lowest BCUT2D eigenvalue weighted by Gasteiger charge is -2.30. The minimum absolute atomic E-state index is 0.0984. The average molecular weight is 385 g/mol. The summed E-state index contributed by atoms with van der Waals surface area (Å²) < 4.78 is 43.2. The number of carboxylic acid groups (broad SMARTS) is 1. The van der Waals surface area contributed by atoms with Gasteiger partial charge in [0.2, 0.25) is 0 Å². The molecule has 148 valence electrons. The number of alkyl halides is 3. The fraction of sp³-hybridized carbons (Fsp3) is 0.474. The highest BCUT2D eigenvalue weighted by molar-refractivity contribution is 5.79. The summed E-state index contributed by atoms with van der Waals surface area (Å²) in [5.74, 6) is -1.99. The average Bonchev–Trinajstić information content (AvgIpc) is 2.52. The summed E-state index contributed by atoms with van der Waals surface area (Å²) in [6.07, 6.45) is -3.05. The van der Waals surface area contributed by atoms with Gasteiger partial charge in [0, 0.05) is 6.04 Å². The molecule has 5 nitrogen and oxygen atoms in total. The number of carbonyl (C=O) groups is 2. The summed E-state index contributed by atoms with van der Waals surface area (Å²) in [5.41, 5.74) is -0.302. The van der Waals surface area contributed by atoms with E-state index < -0.39 is 41.4 Å². The molecule has 0 aliphatic heterocycles. The smallest absolute Gasteiger partial charge is 0.416 e. The predicted molar refractivity (Wildman–Crippen MR) is 92.9 cm³/mol. The molecule has 1 aliphatic carbocycles. The molecule has 27 heavy (non-hydrogen) atoms. The van der Waals surface area contributed by atoms with Gasteiger partial charge in [-0.25, -0.2) is 4.79 Å². The SMILES string of the molecule is CC(C)(C)OC(=O)N[C@H]1CC=C(c2ccc(C(F)(F)F)cc2)C[C@@H]1C(=O)O. The van der Waals surface area contributed by atoms with Gasteiger partial charge in [0.25, 0.3) is 0 Å². The molecule has 1 amide bonds. The summed E-state index contributed by atoms with van der Waals surface area (Å²) in [7, 11) is 0. The maximum Gasteiger partial charge on any atom is 0.416 e. The van der Waals surface area contributed by atoms with E-state index in [0.29, 0.717) is 11.1 Å². The molecule has 0 unspecified atom stereocenters. The molecule has 0 spiro atoms. The Labute approximate surface area is 155 Å². The second kappa shape index (κ2) is 7.62. The highest BCUT2D eigenvalue weighted by atomic mass is 19.4. The Morgan fingerprint density at radius 2 is 1.74 bits per heavy atom. The van der Waals surface area contributed by atoms with Gasteiger partial charge in [-0.3, -0.25) is 4.79 Å². The predicted octanol–water partition coefficient (Wildman–Crippen LogP) is 4.48. The van der Waals surface area contributed by atoms with Gasteiger partial charge in [0.05, 0.1) is 11.5 Å². The first-order valence-corrected chi connectivity index (χ1v) is 8.46. The molecule has 2 atom stereocenters. The quantitative estimate of drug-likeness (QED) is 0.805. The Kier molecular flexibility index (Phi) is 5.87. The number of alkyl carbamates (subject to hydrolysis) is 1. The number of carboxylic acids is 1. The van der Waals surface area contributed by atoms with Crippen molar-refractivity contribution in [3.8, 4) is 0 Å².